The van der Waals surface area contributed by atoms with Crippen molar-refractivity contribution < 1.29 is 9.84 Å². The summed E-state index contributed by atoms with van der Waals surface area (Å²) in [6.07, 6.45) is 6.58. The summed E-state index contributed by atoms with van der Waals surface area (Å²) in [5.74, 6) is 0. The van der Waals surface area contributed by atoms with Crippen LogP contribution in [-0.2, 0) is 11.3 Å². The van der Waals surface area contributed by atoms with E-state index < -0.39 is 5.54 Å². The summed E-state index contributed by atoms with van der Waals surface area (Å²) in [6.45, 7) is 0.785. The van der Waals surface area contributed by atoms with Crippen molar-refractivity contribution in [3.63, 3.8) is 0 Å². The maximum Gasteiger partial charge on any atom is 0.287 e. The van der Waals surface area contributed by atoms with Crippen molar-refractivity contribution in [3.8, 4) is 0 Å². The molecule has 0 aliphatic heterocycles. The van der Waals surface area contributed by atoms with Gasteiger partial charge in [0.25, 0.3) is 5.56 Å². The molecule has 0 bridgehead atoms. The lowest BCUT2D eigenvalue weighted by atomic mass is 9.82. The highest BCUT2D eigenvalue weighted by Gasteiger charge is 2.32. The Kier molecular flexibility index (Phi) is 5.61. The summed E-state index contributed by atoms with van der Waals surface area (Å²) in [6, 6.07) is 0. The van der Waals surface area contributed by atoms with Crippen LogP contribution in [0.3, 0.4) is 0 Å². The predicted molar refractivity (Wildman–Crippen MR) is 81.9 cm³/mol. The Morgan fingerprint density at radius 1 is 1.48 bits per heavy atom. The zero-order valence-corrected chi connectivity index (χ0v) is 13.0. The fourth-order valence-corrected chi connectivity index (χ4v) is 2.92. The molecule has 0 saturated heterocycles. The second-order valence-electron chi connectivity index (χ2n) is 5.52. The van der Waals surface area contributed by atoms with Gasteiger partial charge in [0.15, 0.2) is 0 Å². The van der Waals surface area contributed by atoms with Crippen LogP contribution >= 0.6 is 11.6 Å². The fourth-order valence-electron chi connectivity index (χ4n) is 2.73. The van der Waals surface area contributed by atoms with E-state index in [1.54, 1.807) is 13.3 Å². The number of aromatic nitrogens is 2. The number of hydrogen-bond acceptors (Lipinski definition) is 5. The molecule has 1 fully saturated rings. The van der Waals surface area contributed by atoms with Crippen LogP contribution in [0.15, 0.2) is 11.0 Å². The van der Waals surface area contributed by atoms with Crippen molar-refractivity contribution >= 4 is 17.3 Å². The van der Waals surface area contributed by atoms with Crippen molar-refractivity contribution in [2.24, 2.45) is 0 Å². The number of aliphatic hydroxyl groups is 1. The summed E-state index contributed by atoms with van der Waals surface area (Å²) in [5.41, 5.74) is -0.247. The number of methoxy groups -OCH3 is 1. The number of ether oxygens (including phenoxy) is 1. The summed E-state index contributed by atoms with van der Waals surface area (Å²) in [7, 11) is 1.57. The predicted octanol–water partition coefficient (Wildman–Crippen LogP) is 1.65. The second-order valence-corrected chi connectivity index (χ2v) is 5.90. The minimum Gasteiger partial charge on any atom is -0.394 e. The number of hydrogen-bond donors (Lipinski definition) is 2. The summed E-state index contributed by atoms with van der Waals surface area (Å²) in [4.78, 5) is 12.1. The van der Waals surface area contributed by atoms with Gasteiger partial charge in [-0.25, -0.2) is 4.68 Å². The van der Waals surface area contributed by atoms with E-state index in [2.05, 4.69) is 10.4 Å². The van der Waals surface area contributed by atoms with Crippen LogP contribution in [0.5, 0.6) is 0 Å². The highest BCUT2D eigenvalue weighted by atomic mass is 35.5. The smallest absolute Gasteiger partial charge is 0.287 e. The van der Waals surface area contributed by atoms with Gasteiger partial charge in [0.2, 0.25) is 0 Å². The lowest BCUT2D eigenvalue weighted by Crippen LogP contribution is -2.44. The third kappa shape index (κ3) is 3.75. The topological polar surface area (TPSA) is 76.4 Å². The molecule has 2 N–H and O–H groups in total. The molecule has 21 heavy (non-hydrogen) atoms. The van der Waals surface area contributed by atoms with E-state index in [1.165, 1.54) is 11.1 Å². The molecule has 0 unspecified atom stereocenters. The molecule has 1 aliphatic rings. The minimum absolute atomic E-state index is 0.0239. The Morgan fingerprint density at radius 3 is 2.81 bits per heavy atom. The van der Waals surface area contributed by atoms with Gasteiger partial charge in [-0.15, -0.1) is 0 Å². The van der Waals surface area contributed by atoms with Crippen LogP contribution in [0.25, 0.3) is 0 Å². The standard InChI is InChI=1S/C14H22ClN3O3/c1-21-8-7-18-13(20)12(15)11(9-16-18)17-14(10-19)5-3-2-4-6-14/h9,17,19H,2-8,10H2,1H3. The Balaban J connectivity index is 2.20. The van der Waals surface area contributed by atoms with Crippen LogP contribution in [0.1, 0.15) is 32.1 Å². The molecule has 7 heteroatoms. The number of anilines is 1. The van der Waals surface area contributed by atoms with Crippen molar-refractivity contribution in [1.82, 2.24) is 9.78 Å². The van der Waals surface area contributed by atoms with E-state index in [9.17, 15) is 9.90 Å². The van der Waals surface area contributed by atoms with Crippen molar-refractivity contribution in [2.75, 3.05) is 25.6 Å². The van der Waals surface area contributed by atoms with Crippen LogP contribution in [0.4, 0.5) is 5.69 Å². The van der Waals surface area contributed by atoms with E-state index in [4.69, 9.17) is 16.3 Å². The highest BCUT2D eigenvalue weighted by Crippen LogP contribution is 2.32. The molecule has 2 rings (SSSR count). The van der Waals surface area contributed by atoms with E-state index in [0.717, 1.165) is 25.7 Å². The monoisotopic (exact) mass is 315 g/mol. The van der Waals surface area contributed by atoms with Crippen LogP contribution < -0.4 is 10.9 Å². The summed E-state index contributed by atoms with van der Waals surface area (Å²) < 4.78 is 6.22. The minimum atomic E-state index is -0.394. The maximum atomic E-state index is 12.1. The quantitative estimate of drug-likeness (QED) is 0.835. The summed E-state index contributed by atoms with van der Waals surface area (Å²) in [5, 5.41) is 17.2. The first-order chi connectivity index (χ1) is 10.1. The van der Waals surface area contributed by atoms with Crippen molar-refractivity contribution in [3.05, 3.63) is 21.6 Å². The lowest BCUT2D eigenvalue weighted by Gasteiger charge is -2.37. The molecular weight excluding hydrogens is 294 g/mol. The Bertz CT molecular complexity index is 527. The largest absolute Gasteiger partial charge is 0.394 e. The normalized spacial score (nSPS) is 17.7. The number of nitrogens with one attached hydrogen (secondary N) is 1. The average Bonchev–Trinajstić information content (AvgIpc) is 2.52. The molecule has 0 radical (unpaired) electrons. The van der Waals surface area contributed by atoms with Gasteiger partial charge in [0.05, 0.1) is 37.2 Å². The molecule has 118 valence electrons. The first-order valence-electron chi connectivity index (χ1n) is 7.25. The number of halogens is 1. The molecule has 0 aromatic carbocycles. The SMILES string of the molecule is COCCn1ncc(NC2(CO)CCCCC2)c(Cl)c1=O. The first-order valence-corrected chi connectivity index (χ1v) is 7.63. The molecule has 1 aliphatic carbocycles. The molecule has 1 aromatic heterocycles. The van der Waals surface area contributed by atoms with Gasteiger partial charge in [-0.3, -0.25) is 4.79 Å². The fraction of sp³-hybridized carbons (Fsp3) is 0.714. The number of rotatable bonds is 6. The lowest BCUT2D eigenvalue weighted by molar-refractivity contribution is 0.172. The molecule has 0 spiro atoms. The third-order valence-corrected chi connectivity index (χ3v) is 4.37. The van der Waals surface area contributed by atoms with Gasteiger partial charge in [-0.05, 0) is 12.8 Å². The Morgan fingerprint density at radius 2 is 2.19 bits per heavy atom. The molecule has 6 nitrogen and oxygen atoms in total. The van der Waals surface area contributed by atoms with E-state index in [1.807, 2.05) is 0 Å². The Hall–Kier alpha value is -1.11. The van der Waals surface area contributed by atoms with Crippen LogP contribution in [0, 0.1) is 0 Å². The number of aliphatic hydroxyl groups excluding tert-OH is 1. The van der Waals surface area contributed by atoms with E-state index in [0.29, 0.717) is 18.8 Å². The van der Waals surface area contributed by atoms with Gasteiger partial charge < -0.3 is 15.2 Å². The van der Waals surface area contributed by atoms with Crippen molar-refractivity contribution in [2.45, 2.75) is 44.2 Å². The second kappa shape index (κ2) is 7.24. The zero-order valence-electron chi connectivity index (χ0n) is 12.3. The zero-order chi connectivity index (χ0) is 15.3. The van der Waals surface area contributed by atoms with Gasteiger partial charge in [-0.1, -0.05) is 30.9 Å². The van der Waals surface area contributed by atoms with Gasteiger partial charge in [0.1, 0.15) is 5.02 Å². The maximum absolute atomic E-state index is 12.1. The molecule has 0 amide bonds. The molecule has 0 atom stereocenters. The summed E-state index contributed by atoms with van der Waals surface area (Å²) >= 11 is 6.16. The molecule has 1 heterocycles. The van der Waals surface area contributed by atoms with Gasteiger partial charge in [0, 0.05) is 7.11 Å². The van der Waals surface area contributed by atoms with E-state index >= 15 is 0 Å². The molecule has 1 saturated carbocycles. The van der Waals surface area contributed by atoms with Gasteiger partial charge in [-0.2, -0.15) is 5.10 Å². The third-order valence-electron chi connectivity index (χ3n) is 4.01. The number of nitrogens with zero attached hydrogens (tertiary/aromatic N) is 2. The van der Waals surface area contributed by atoms with Gasteiger partial charge >= 0.3 is 0 Å². The van der Waals surface area contributed by atoms with Crippen LogP contribution in [-0.4, -0.2) is 40.7 Å². The van der Waals surface area contributed by atoms with E-state index in [-0.39, 0.29) is 17.2 Å². The van der Waals surface area contributed by atoms with Crippen LogP contribution in [0.2, 0.25) is 5.02 Å². The van der Waals surface area contributed by atoms with Crippen molar-refractivity contribution in [1.29, 1.82) is 0 Å². The Labute approximate surface area is 129 Å². The average molecular weight is 316 g/mol. The molecular formula is C14H22ClN3O3. The first kappa shape index (κ1) is 16.3. The molecule has 1 aromatic rings. The highest BCUT2D eigenvalue weighted by molar-refractivity contribution is 6.32.